The Bertz CT molecular complexity index is 1070. The van der Waals surface area contributed by atoms with Crippen LogP contribution in [0.25, 0.3) is 0 Å². The largest absolute Gasteiger partial charge is 0.396 e. The maximum atomic E-state index is 13.0. The summed E-state index contributed by atoms with van der Waals surface area (Å²) in [7, 11) is -3.61. The van der Waals surface area contributed by atoms with Crippen LogP contribution in [-0.4, -0.2) is 79.7 Å². The zero-order chi connectivity index (χ0) is 25.8. The van der Waals surface area contributed by atoms with Crippen LogP contribution in [0, 0.1) is 0 Å². The Kier molecular flexibility index (Phi) is 10.9. The number of aliphatic hydroxyl groups excluding tert-OH is 1. The molecule has 0 atom stereocenters. The van der Waals surface area contributed by atoms with Gasteiger partial charge in [-0.25, -0.2) is 13.4 Å². The number of aromatic nitrogens is 2. The van der Waals surface area contributed by atoms with Crippen molar-refractivity contribution in [2.75, 3.05) is 62.0 Å². The second kappa shape index (κ2) is 14.1. The third-order valence-corrected chi connectivity index (χ3v) is 7.61. The minimum Gasteiger partial charge on any atom is -0.396 e. The Morgan fingerprint density at radius 2 is 1.78 bits per heavy atom. The first-order valence-electron chi connectivity index (χ1n) is 12.4. The number of hydrogen-bond donors (Lipinski definition) is 4. The predicted octanol–water partition coefficient (Wildman–Crippen LogP) is 2.54. The van der Waals surface area contributed by atoms with Gasteiger partial charge in [0.1, 0.15) is 11.4 Å². The quantitative estimate of drug-likeness (QED) is 0.276. The standard InChI is InChI=1S/C24H36N6O5S/c1-2-3-11-26-24-27-18-21(22(29-24)25-12-5-4-6-15-31)23(32)28-19-7-9-20(10-8-19)36(33,34)30-13-16-35-17-14-30/h7-10,18,31H,2-6,11-17H2,1H3,(H,28,32)(H2,25,26,27,29). The van der Waals surface area contributed by atoms with Crippen LogP contribution < -0.4 is 16.0 Å². The molecule has 1 aliphatic rings. The average Bonchev–Trinajstić information content (AvgIpc) is 2.89. The fourth-order valence-electron chi connectivity index (χ4n) is 3.61. The van der Waals surface area contributed by atoms with E-state index in [0.717, 1.165) is 38.6 Å². The molecule has 36 heavy (non-hydrogen) atoms. The van der Waals surface area contributed by atoms with Gasteiger partial charge in [0.25, 0.3) is 5.91 Å². The molecule has 2 aromatic rings. The zero-order valence-electron chi connectivity index (χ0n) is 20.7. The number of nitrogens with zero attached hydrogens (tertiary/aromatic N) is 3. The van der Waals surface area contributed by atoms with E-state index in [4.69, 9.17) is 9.84 Å². The average molecular weight is 521 g/mol. The van der Waals surface area contributed by atoms with Crippen LogP contribution in [0.1, 0.15) is 49.4 Å². The van der Waals surface area contributed by atoms with Crippen molar-refractivity contribution in [1.82, 2.24) is 14.3 Å². The number of amides is 1. The second-order valence-electron chi connectivity index (χ2n) is 8.44. The number of ether oxygens (including phenoxy) is 1. The summed E-state index contributed by atoms with van der Waals surface area (Å²) in [4.78, 5) is 22.0. The Morgan fingerprint density at radius 1 is 1.06 bits per heavy atom. The van der Waals surface area contributed by atoms with Gasteiger partial charge in [-0.05, 0) is 49.9 Å². The van der Waals surface area contributed by atoms with E-state index in [9.17, 15) is 13.2 Å². The van der Waals surface area contributed by atoms with Crippen LogP contribution in [0.4, 0.5) is 17.5 Å². The third kappa shape index (κ3) is 7.85. The van der Waals surface area contributed by atoms with Gasteiger partial charge in [-0.15, -0.1) is 0 Å². The van der Waals surface area contributed by atoms with E-state index in [2.05, 4.69) is 32.8 Å². The van der Waals surface area contributed by atoms with Crippen LogP contribution in [0.3, 0.4) is 0 Å². The molecule has 12 heteroatoms. The van der Waals surface area contributed by atoms with Crippen molar-refractivity contribution < 1.29 is 23.1 Å². The van der Waals surface area contributed by atoms with Crippen LogP contribution in [-0.2, 0) is 14.8 Å². The number of aliphatic hydroxyl groups is 1. The molecule has 1 saturated heterocycles. The fraction of sp³-hybridized carbons (Fsp3) is 0.542. The number of morpholine rings is 1. The molecule has 1 aromatic heterocycles. The SMILES string of the molecule is CCCCNc1ncc(C(=O)Nc2ccc(S(=O)(=O)N3CCOCC3)cc2)c(NCCCCCO)n1. The van der Waals surface area contributed by atoms with Gasteiger partial charge < -0.3 is 25.8 Å². The first-order valence-corrected chi connectivity index (χ1v) is 13.8. The normalized spacial score (nSPS) is 14.4. The summed E-state index contributed by atoms with van der Waals surface area (Å²) in [6.07, 6.45) is 5.90. The van der Waals surface area contributed by atoms with E-state index in [0.29, 0.717) is 50.3 Å². The molecule has 0 saturated carbocycles. The Hall–Kier alpha value is -2.80. The first-order chi connectivity index (χ1) is 17.5. The summed E-state index contributed by atoms with van der Waals surface area (Å²) in [5.41, 5.74) is 0.739. The highest BCUT2D eigenvalue weighted by molar-refractivity contribution is 7.89. The van der Waals surface area contributed by atoms with E-state index in [-0.39, 0.29) is 17.1 Å². The highest BCUT2D eigenvalue weighted by atomic mass is 32.2. The van der Waals surface area contributed by atoms with Gasteiger partial charge in [0.15, 0.2) is 0 Å². The minimum atomic E-state index is -3.61. The molecule has 1 aromatic carbocycles. The fourth-order valence-corrected chi connectivity index (χ4v) is 5.02. The number of hydrogen-bond acceptors (Lipinski definition) is 9. The molecule has 1 fully saturated rings. The molecule has 198 valence electrons. The van der Waals surface area contributed by atoms with Crippen molar-refractivity contribution in [3.05, 3.63) is 36.0 Å². The minimum absolute atomic E-state index is 0.152. The molecule has 0 bridgehead atoms. The Balaban J connectivity index is 1.70. The van der Waals surface area contributed by atoms with Crippen molar-refractivity contribution >= 4 is 33.4 Å². The molecule has 4 N–H and O–H groups in total. The molecular weight excluding hydrogens is 484 g/mol. The molecule has 1 amide bonds. The lowest BCUT2D eigenvalue weighted by Gasteiger charge is -2.26. The molecule has 3 rings (SSSR count). The second-order valence-corrected chi connectivity index (χ2v) is 10.4. The number of carbonyl (C=O) groups excluding carboxylic acids is 1. The Labute approximate surface area is 212 Å². The van der Waals surface area contributed by atoms with Crippen LogP contribution in [0.2, 0.25) is 0 Å². The molecule has 1 aliphatic heterocycles. The summed E-state index contributed by atoms with van der Waals surface area (Å²) >= 11 is 0. The molecule has 2 heterocycles. The van der Waals surface area contributed by atoms with Gasteiger partial charge in [-0.1, -0.05) is 13.3 Å². The monoisotopic (exact) mass is 520 g/mol. The van der Waals surface area contributed by atoms with Crippen molar-refractivity contribution in [2.45, 2.75) is 43.9 Å². The highest BCUT2D eigenvalue weighted by Crippen LogP contribution is 2.21. The van der Waals surface area contributed by atoms with Crippen molar-refractivity contribution in [1.29, 1.82) is 0 Å². The number of nitrogens with one attached hydrogen (secondary N) is 3. The lowest BCUT2D eigenvalue weighted by atomic mass is 10.2. The lowest BCUT2D eigenvalue weighted by Crippen LogP contribution is -2.40. The number of sulfonamides is 1. The van der Waals surface area contributed by atoms with E-state index < -0.39 is 15.9 Å². The molecule has 0 aliphatic carbocycles. The maximum Gasteiger partial charge on any atom is 0.260 e. The topological polar surface area (TPSA) is 146 Å². The molecule has 0 spiro atoms. The van der Waals surface area contributed by atoms with E-state index in [1.54, 1.807) is 12.1 Å². The van der Waals surface area contributed by atoms with E-state index >= 15 is 0 Å². The summed E-state index contributed by atoms with van der Waals surface area (Å²) in [5, 5.41) is 18.1. The smallest absolute Gasteiger partial charge is 0.260 e. The van der Waals surface area contributed by atoms with Gasteiger partial charge in [0.05, 0.1) is 18.1 Å². The van der Waals surface area contributed by atoms with Gasteiger partial charge in [0.2, 0.25) is 16.0 Å². The Morgan fingerprint density at radius 3 is 2.47 bits per heavy atom. The van der Waals surface area contributed by atoms with Gasteiger partial charge in [-0.2, -0.15) is 9.29 Å². The van der Waals surface area contributed by atoms with Gasteiger partial charge >= 0.3 is 0 Å². The zero-order valence-corrected chi connectivity index (χ0v) is 21.5. The summed E-state index contributed by atoms with van der Waals surface area (Å²) < 4.78 is 32.3. The predicted molar refractivity (Wildman–Crippen MR) is 139 cm³/mol. The van der Waals surface area contributed by atoms with Gasteiger partial charge in [-0.3, -0.25) is 4.79 Å². The molecular formula is C24H36N6O5S. The van der Waals surface area contributed by atoms with Crippen molar-refractivity contribution in [2.24, 2.45) is 0 Å². The lowest BCUT2D eigenvalue weighted by molar-refractivity contribution is 0.0730. The number of unbranched alkanes of at least 4 members (excludes halogenated alkanes) is 3. The number of carbonyl (C=O) groups is 1. The van der Waals surface area contributed by atoms with E-state index in [1.807, 2.05) is 0 Å². The van der Waals surface area contributed by atoms with Gasteiger partial charge in [0, 0.05) is 44.7 Å². The summed E-state index contributed by atoms with van der Waals surface area (Å²) in [5.74, 6) is 0.448. The van der Waals surface area contributed by atoms with E-state index in [1.165, 1.54) is 22.6 Å². The summed E-state index contributed by atoms with van der Waals surface area (Å²) in [6.45, 7) is 4.97. The molecule has 0 unspecified atom stereocenters. The number of benzene rings is 1. The summed E-state index contributed by atoms with van der Waals surface area (Å²) in [6, 6.07) is 6.10. The number of rotatable bonds is 14. The molecule has 0 radical (unpaired) electrons. The first kappa shape index (κ1) is 27.8. The highest BCUT2D eigenvalue weighted by Gasteiger charge is 2.26. The van der Waals surface area contributed by atoms with Crippen molar-refractivity contribution in [3.8, 4) is 0 Å². The maximum absolute atomic E-state index is 13.0. The number of anilines is 3. The van der Waals surface area contributed by atoms with Crippen LogP contribution >= 0.6 is 0 Å². The van der Waals surface area contributed by atoms with Crippen molar-refractivity contribution in [3.63, 3.8) is 0 Å². The molecule has 11 nitrogen and oxygen atoms in total. The van der Waals surface area contributed by atoms with Crippen LogP contribution in [0.5, 0.6) is 0 Å². The van der Waals surface area contributed by atoms with Crippen LogP contribution in [0.15, 0.2) is 35.4 Å². The third-order valence-electron chi connectivity index (χ3n) is 5.69.